The number of hydrogen-bond acceptors (Lipinski definition) is 5. The van der Waals surface area contributed by atoms with E-state index in [1.807, 2.05) is 39.5 Å². The second-order valence-corrected chi connectivity index (χ2v) is 9.91. The maximum absolute atomic E-state index is 12.4. The van der Waals surface area contributed by atoms with Gasteiger partial charge in [0.1, 0.15) is 0 Å². The molecule has 0 aromatic rings. The molecule has 0 aromatic carbocycles. The summed E-state index contributed by atoms with van der Waals surface area (Å²) < 4.78 is 31.6. The molecule has 0 aliphatic carbocycles. The molecule has 0 aromatic heterocycles. The minimum Gasteiger partial charge on any atom is -0.378 e. The summed E-state index contributed by atoms with van der Waals surface area (Å²) in [6.45, 7) is 11.7. The molecule has 2 N–H and O–H groups in total. The number of guanidine groups is 1. The first kappa shape index (κ1) is 23.6. The van der Waals surface area contributed by atoms with Crippen LogP contribution in [-0.4, -0.2) is 93.3 Å². The number of hydrogen-bond donors (Lipinski definition) is 2. The van der Waals surface area contributed by atoms with Gasteiger partial charge in [-0.25, -0.2) is 8.42 Å². The van der Waals surface area contributed by atoms with Crippen LogP contribution in [0.5, 0.6) is 0 Å². The number of nitrogens with one attached hydrogen (secondary N) is 2. The van der Waals surface area contributed by atoms with Gasteiger partial charge in [-0.15, -0.1) is 0 Å². The van der Waals surface area contributed by atoms with Gasteiger partial charge in [0, 0.05) is 38.8 Å². The quantitative estimate of drug-likeness (QED) is 0.451. The van der Waals surface area contributed by atoms with E-state index in [4.69, 9.17) is 4.74 Å². The van der Waals surface area contributed by atoms with E-state index in [0.717, 1.165) is 0 Å². The lowest BCUT2D eigenvalue weighted by Crippen LogP contribution is -2.55. The van der Waals surface area contributed by atoms with Crippen LogP contribution in [0.1, 0.15) is 34.6 Å². The first-order valence-electron chi connectivity index (χ1n) is 9.30. The molecule has 0 atom stereocenters. The van der Waals surface area contributed by atoms with Crippen molar-refractivity contribution < 1.29 is 17.9 Å². The van der Waals surface area contributed by atoms with Crippen LogP contribution in [0.4, 0.5) is 0 Å². The Morgan fingerprint density at radius 2 is 1.78 bits per heavy atom. The van der Waals surface area contributed by atoms with Gasteiger partial charge < -0.3 is 20.3 Å². The molecular weight excluding hydrogens is 370 g/mol. The third-order valence-corrected chi connectivity index (χ3v) is 5.69. The summed E-state index contributed by atoms with van der Waals surface area (Å²) in [5, 5.41) is 5.92. The lowest BCUT2D eigenvalue weighted by atomic mass is 10.1. The van der Waals surface area contributed by atoms with E-state index in [-0.39, 0.29) is 36.5 Å². The lowest BCUT2D eigenvalue weighted by Gasteiger charge is -2.35. The highest BCUT2D eigenvalue weighted by atomic mass is 32.2. The molecule has 0 unspecified atom stereocenters. The Hall–Kier alpha value is -1.39. The SMILES string of the molecule is CN=C(NCC(=O)NC(C)(C)C)N1CCN(S(=O)(=O)CCOC(C)C)CC1. The third kappa shape index (κ3) is 8.89. The zero-order valence-electron chi connectivity index (χ0n) is 17.4. The maximum atomic E-state index is 12.4. The zero-order valence-corrected chi connectivity index (χ0v) is 18.2. The van der Waals surface area contributed by atoms with Gasteiger partial charge in [0.25, 0.3) is 0 Å². The summed E-state index contributed by atoms with van der Waals surface area (Å²) in [5.74, 6) is 0.472. The van der Waals surface area contributed by atoms with Crippen molar-refractivity contribution in [3.63, 3.8) is 0 Å². The summed E-state index contributed by atoms with van der Waals surface area (Å²) in [4.78, 5) is 18.1. The van der Waals surface area contributed by atoms with Crippen molar-refractivity contribution >= 4 is 21.9 Å². The second-order valence-electron chi connectivity index (χ2n) is 7.82. The molecule has 0 radical (unpaired) electrons. The molecular formula is C17H35N5O4S. The van der Waals surface area contributed by atoms with Crippen LogP contribution in [0.25, 0.3) is 0 Å². The van der Waals surface area contributed by atoms with Gasteiger partial charge in [-0.3, -0.25) is 9.79 Å². The van der Waals surface area contributed by atoms with Crippen molar-refractivity contribution in [2.75, 3.05) is 52.1 Å². The van der Waals surface area contributed by atoms with Crippen LogP contribution in [0, 0.1) is 0 Å². The molecule has 158 valence electrons. The van der Waals surface area contributed by atoms with E-state index in [1.54, 1.807) is 7.05 Å². The third-order valence-electron chi connectivity index (χ3n) is 3.86. The monoisotopic (exact) mass is 405 g/mol. The maximum Gasteiger partial charge on any atom is 0.239 e. The largest absolute Gasteiger partial charge is 0.378 e. The average Bonchev–Trinajstić information content (AvgIpc) is 2.53. The predicted molar refractivity (Wildman–Crippen MR) is 107 cm³/mol. The Labute approximate surface area is 163 Å². The van der Waals surface area contributed by atoms with E-state index in [2.05, 4.69) is 15.6 Å². The summed E-state index contributed by atoms with van der Waals surface area (Å²) in [6, 6.07) is 0. The van der Waals surface area contributed by atoms with Gasteiger partial charge in [-0.05, 0) is 34.6 Å². The average molecular weight is 406 g/mol. The molecule has 27 heavy (non-hydrogen) atoms. The molecule has 1 rings (SSSR count). The summed E-state index contributed by atoms with van der Waals surface area (Å²) in [5.41, 5.74) is -0.290. The molecule has 1 amide bonds. The van der Waals surface area contributed by atoms with Gasteiger partial charge in [0.2, 0.25) is 15.9 Å². The number of sulfonamides is 1. The number of nitrogens with zero attached hydrogens (tertiary/aromatic N) is 3. The Bertz CT molecular complexity index is 605. The molecule has 1 saturated heterocycles. The Kier molecular flexibility index (Phi) is 8.97. The molecule has 1 fully saturated rings. The van der Waals surface area contributed by atoms with Crippen LogP contribution >= 0.6 is 0 Å². The summed E-state index contributed by atoms with van der Waals surface area (Å²) in [7, 11) is -1.67. The molecule has 0 saturated carbocycles. The molecule has 0 spiro atoms. The van der Waals surface area contributed by atoms with Crippen LogP contribution in [0.2, 0.25) is 0 Å². The van der Waals surface area contributed by atoms with Crippen molar-refractivity contribution in [1.82, 2.24) is 19.8 Å². The van der Waals surface area contributed by atoms with Crippen LogP contribution in [0.15, 0.2) is 4.99 Å². The molecule has 1 aliphatic heterocycles. The molecule has 1 aliphatic rings. The van der Waals surface area contributed by atoms with E-state index in [0.29, 0.717) is 32.1 Å². The smallest absolute Gasteiger partial charge is 0.239 e. The highest BCUT2D eigenvalue weighted by molar-refractivity contribution is 7.89. The topological polar surface area (TPSA) is 103 Å². The van der Waals surface area contributed by atoms with Gasteiger partial charge in [0.05, 0.1) is 25.0 Å². The number of aliphatic imine (C=N–C) groups is 1. The first-order chi connectivity index (χ1) is 12.4. The molecule has 10 heteroatoms. The first-order valence-corrected chi connectivity index (χ1v) is 10.9. The van der Waals surface area contributed by atoms with Gasteiger partial charge >= 0.3 is 0 Å². The second kappa shape index (κ2) is 10.2. The Balaban J connectivity index is 2.48. The Morgan fingerprint density at radius 1 is 1.19 bits per heavy atom. The zero-order chi connectivity index (χ0) is 20.7. The normalized spacial score (nSPS) is 17.3. The number of ether oxygens (including phenoxy) is 1. The van der Waals surface area contributed by atoms with Crippen molar-refractivity contribution in [2.45, 2.75) is 46.3 Å². The van der Waals surface area contributed by atoms with Gasteiger partial charge in [-0.2, -0.15) is 4.31 Å². The van der Waals surface area contributed by atoms with Crippen LogP contribution in [-0.2, 0) is 19.6 Å². The Morgan fingerprint density at radius 3 is 2.26 bits per heavy atom. The van der Waals surface area contributed by atoms with E-state index >= 15 is 0 Å². The lowest BCUT2D eigenvalue weighted by molar-refractivity contribution is -0.121. The molecule has 0 bridgehead atoms. The van der Waals surface area contributed by atoms with Crippen molar-refractivity contribution in [2.24, 2.45) is 4.99 Å². The van der Waals surface area contributed by atoms with Crippen molar-refractivity contribution in [1.29, 1.82) is 0 Å². The van der Waals surface area contributed by atoms with E-state index in [9.17, 15) is 13.2 Å². The number of carbonyl (C=O) groups excluding carboxylic acids is 1. The van der Waals surface area contributed by atoms with Crippen LogP contribution < -0.4 is 10.6 Å². The van der Waals surface area contributed by atoms with Crippen LogP contribution in [0.3, 0.4) is 0 Å². The van der Waals surface area contributed by atoms with E-state index in [1.165, 1.54) is 4.31 Å². The number of amides is 1. The molecule has 1 heterocycles. The molecule has 9 nitrogen and oxygen atoms in total. The predicted octanol–water partition coefficient (Wildman–Crippen LogP) is -0.151. The minimum absolute atomic E-state index is 0.00880. The van der Waals surface area contributed by atoms with Gasteiger partial charge in [0.15, 0.2) is 5.96 Å². The number of carbonyl (C=O) groups is 1. The fourth-order valence-corrected chi connectivity index (χ4v) is 3.94. The highest BCUT2D eigenvalue weighted by Crippen LogP contribution is 2.09. The van der Waals surface area contributed by atoms with Gasteiger partial charge in [-0.1, -0.05) is 0 Å². The van der Waals surface area contributed by atoms with Crippen molar-refractivity contribution in [3.05, 3.63) is 0 Å². The number of rotatable bonds is 7. The summed E-state index contributed by atoms with van der Waals surface area (Å²) >= 11 is 0. The highest BCUT2D eigenvalue weighted by Gasteiger charge is 2.28. The fourth-order valence-electron chi connectivity index (χ4n) is 2.65. The minimum atomic E-state index is -3.32. The standard InChI is InChI=1S/C17H35N5O4S/c1-14(2)26-11-12-27(24,25)22-9-7-21(8-10-22)16(18-6)19-13-15(23)20-17(3,4)5/h14H,7-13H2,1-6H3,(H,18,19)(H,20,23). The van der Waals surface area contributed by atoms with Crippen molar-refractivity contribution in [3.8, 4) is 0 Å². The fraction of sp³-hybridized carbons (Fsp3) is 0.882. The number of piperazine rings is 1. The summed E-state index contributed by atoms with van der Waals surface area (Å²) in [6.07, 6.45) is 0.0157. The van der Waals surface area contributed by atoms with E-state index < -0.39 is 10.0 Å².